The molecule has 16 heavy (non-hydrogen) atoms. The molecule has 0 amide bonds. The van der Waals surface area contributed by atoms with Crippen molar-refractivity contribution in [3.05, 3.63) is 0 Å². The molecule has 0 aliphatic carbocycles. The fourth-order valence-electron chi connectivity index (χ4n) is 3.21. The van der Waals surface area contributed by atoms with Gasteiger partial charge in [0, 0.05) is 5.54 Å². The number of hydrogen-bond donors (Lipinski definition) is 1. The molecule has 1 atom stereocenters. The molecule has 2 heteroatoms. The Labute approximate surface area is 101 Å². The minimum Gasteiger partial charge on any atom is -0.391 e. The van der Waals surface area contributed by atoms with E-state index in [0.29, 0.717) is 0 Å². The maximum atomic E-state index is 10.5. The van der Waals surface area contributed by atoms with Crippen molar-refractivity contribution >= 4 is 0 Å². The Bertz CT molecular complexity index is 183. The lowest BCUT2D eigenvalue weighted by Gasteiger charge is -2.44. The van der Waals surface area contributed by atoms with Gasteiger partial charge in [-0.05, 0) is 45.2 Å². The van der Waals surface area contributed by atoms with Gasteiger partial charge in [0.25, 0.3) is 0 Å². The second-order valence-electron chi connectivity index (χ2n) is 5.16. The quantitative estimate of drug-likeness (QED) is 0.722. The minimum atomic E-state index is -0.138. The SMILES string of the molecule is CCCCC(O)C(CC)(CC)N1CCCC1. The van der Waals surface area contributed by atoms with E-state index in [1.165, 1.54) is 32.4 Å². The van der Waals surface area contributed by atoms with Gasteiger partial charge in [-0.1, -0.05) is 33.6 Å². The molecule has 0 aromatic carbocycles. The number of nitrogens with zero attached hydrogens (tertiary/aromatic N) is 1. The monoisotopic (exact) mass is 227 g/mol. The van der Waals surface area contributed by atoms with Crippen molar-refractivity contribution in [2.75, 3.05) is 13.1 Å². The third-order valence-electron chi connectivity index (χ3n) is 4.41. The zero-order chi connectivity index (χ0) is 12.0. The van der Waals surface area contributed by atoms with E-state index in [4.69, 9.17) is 0 Å². The van der Waals surface area contributed by atoms with E-state index in [1.807, 2.05) is 0 Å². The predicted molar refractivity (Wildman–Crippen MR) is 69.7 cm³/mol. The smallest absolute Gasteiger partial charge is 0.0723 e. The molecule has 0 radical (unpaired) electrons. The first-order chi connectivity index (χ1) is 7.71. The molecule has 0 aromatic heterocycles. The van der Waals surface area contributed by atoms with E-state index in [1.54, 1.807) is 0 Å². The van der Waals surface area contributed by atoms with Gasteiger partial charge in [-0.25, -0.2) is 0 Å². The maximum absolute atomic E-state index is 10.5. The molecule has 0 saturated carbocycles. The van der Waals surface area contributed by atoms with E-state index in [-0.39, 0.29) is 11.6 Å². The second-order valence-corrected chi connectivity index (χ2v) is 5.16. The number of hydrogen-bond acceptors (Lipinski definition) is 2. The summed E-state index contributed by atoms with van der Waals surface area (Å²) in [5.74, 6) is 0. The summed E-state index contributed by atoms with van der Waals surface area (Å²) in [5.41, 5.74) is 0.0612. The predicted octanol–water partition coefficient (Wildman–Crippen LogP) is 3.19. The Kier molecular flexibility index (Phi) is 5.77. The third-order valence-corrected chi connectivity index (χ3v) is 4.41. The van der Waals surface area contributed by atoms with Crippen molar-refractivity contribution in [3.63, 3.8) is 0 Å². The second kappa shape index (κ2) is 6.61. The normalized spacial score (nSPS) is 20.2. The first kappa shape index (κ1) is 14.0. The summed E-state index contributed by atoms with van der Waals surface area (Å²) in [6, 6.07) is 0. The van der Waals surface area contributed by atoms with Gasteiger partial charge in [-0.15, -0.1) is 0 Å². The Balaban J connectivity index is 2.68. The van der Waals surface area contributed by atoms with Crippen LogP contribution in [-0.4, -0.2) is 34.7 Å². The van der Waals surface area contributed by atoms with Gasteiger partial charge in [-0.2, -0.15) is 0 Å². The highest BCUT2D eigenvalue weighted by molar-refractivity contribution is 4.96. The van der Waals surface area contributed by atoms with Crippen LogP contribution in [0.4, 0.5) is 0 Å². The summed E-state index contributed by atoms with van der Waals surface area (Å²) < 4.78 is 0. The molecule has 0 bridgehead atoms. The van der Waals surface area contributed by atoms with Crippen molar-refractivity contribution in [1.82, 2.24) is 4.90 Å². The minimum absolute atomic E-state index is 0.0612. The average Bonchev–Trinajstić information content (AvgIpc) is 2.83. The molecular formula is C14H29NO. The molecule has 1 rings (SSSR count). The first-order valence-corrected chi connectivity index (χ1v) is 7.14. The van der Waals surface area contributed by atoms with E-state index < -0.39 is 0 Å². The summed E-state index contributed by atoms with van der Waals surface area (Å²) in [6.45, 7) is 9.03. The molecule has 1 unspecified atom stereocenters. The third kappa shape index (κ3) is 2.78. The fourth-order valence-corrected chi connectivity index (χ4v) is 3.21. The van der Waals surface area contributed by atoms with E-state index in [0.717, 1.165) is 25.7 Å². The molecule has 1 N–H and O–H groups in total. The highest BCUT2D eigenvalue weighted by Crippen LogP contribution is 2.33. The number of likely N-dealkylation sites (tertiary alicyclic amines) is 1. The summed E-state index contributed by atoms with van der Waals surface area (Å²) in [4.78, 5) is 2.55. The van der Waals surface area contributed by atoms with Crippen LogP contribution < -0.4 is 0 Å². The summed E-state index contributed by atoms with van der Waals surface area (Å²) in [6.07, 6.45) is 7.93. The first-order valence-electron chi connectivity index (χ1n) is 7.14. The zero-order valence-corrected chi connectivity index (χ0v) is 11.3. The maximum Gasteiger partial charge on any atom is 0.0723 e. The Hall–Kier alpha value is -0.0800. The summed E-state index contributed by atoms with van der Waals surface area (Å²) >= 11 is 0. The van der Waals surface area contributed by atoms with Crippen molar-refractivity contribution in [2.24, 2.45) is 0 Å². The van der Waals surface area contributed by atoms with Crippen molar-refractivity contribution in [1.29, 1.82) is 0 Å². The van der Waals surface area contributed by atoms with Gasteiger partial charge >= 0.3 is 0 Å². The van der Waals surface area contributed by atoms with Gasteiger partial charge in [0.15, 0.2) is 0 Å². The van der Waals surface area contributed by atoms with Gasteiger partial charge < -0.3 is 5.11 Å². The van der Waals surface area contributed by atoms with Crippen LogP contribution in [0, 0.1) is 0 Å². The highest BCUT2D eigenvalue weighted by Gasteiger charge is 2.40. The van der Waals surface area contributed by atoms with Crippen LogP contribution in [0.3, 0.4) is 0 Å². The van der Waals surface area contributed by atoms with Crippen LogP contribution in [0.2, 0.25) is 0 Å². The molecule has 1 saturated heterocycles. The van der Waals surface area contributed by atoms with Gasteiger partial charge in [-0.3, -0.25) is 4.90 Å². The molecule has 1 aliphatic heterocycles. The highest BCUT2D eigenvalue weighted by atomic mass is 16.3. The molecular weight excluding hydrogens is 198 g/mol. The fraction of sp³-hybridized carbons (Fsp3) is 1.00. The van der Waals surface area contributed by atoms with Crippen LogP contribution in [0.15, 0.2) is 0 Å². The Morgan fingerprint density at radius 3 is 2.12 bits per heavy atom. The molecule has 0 spiro atoms. The Morgan fingerprint density at radius 2 is 1.69 bits per heavy atom. The lowest BCUT2D eigenvalue weighted by Crippen LogP contribution is -2.55. The Morgan fingerprint density at radius 1 is 1.12 bits per heavy atom. The summed E-state index contributed by atoms with van der Waals surface area (Å²) in [7, 11) is 0. The van der Waals surface area contributed by atoms with Crippen LogP contribution >= 0.6 is 0 Å². The molecule has 0 aromatic rings. The molecule has 1 heterocycles. The van der Waals surface area contributed by atoms with Crippen LogP contribution in [0.5, 0.6) is 0 Å². The van der Waals surface area contributed by atoms with E-state index >= 15 is 0 Å². The van der Waals surface area contributed by atoms with Crippen molar-refractivity contribution < 1.29 is 5.11 Å². The van der Waals surface area contributed by atoms with Crippen LogP contribution in [-0.2, 0) is 0 Å². The van der Waals surface area contributed by atoms with Crippen molar-refractivity contribution in [2.45, 2.75) is 77.4 Å². The zero-order valence-electron chi connectivity index (χ0n) is 11.3. The van der Waals surface area contributed by atoms with E-state index in [9.17, 15) is 5.11 Å². The van der Waals surface area contributed by atoms with Crippen LogP contribution in [0.25, 0.3) is 0 Å². The van der Waals surface area contributed by atoms with Crippen molar-refractivity contribution in [3.8, 4) is 0 Å². The standard InChI is InChI=1S/C14H29NO/c1-4-7-10-13(16)14(5-2,6-3)15-11-8-9-12-15/h13,16H,4-12H2,1-3H3. The van der Waals surface area contributed by atoms with Gasteiger partial charge in [0.05, 0.1) is 6.10 Å². The molecule has 1 fully saturated rings. The number of aliphatic hydroxyl groups is 1. The van der Waals surface area contributed by atoms with Gasteiger partial charge in [0.1, 0.15) is 0 Å². The van der Waals surface area contributed by atoms with Gasteiger partial charge in [0.2, 0.25) is 0 Å². The van der Waals surface area contributed by atoms with Crippen LogP contribution in [0.1, 0.15) is 65.7 Å². The summed E-state index contributed by atoms with van der Waals surface area (Å²) in [5, 5.41) is 10.5. The van der Waals surface area contributed by atoms with E-state index in [2.05, 4.69) is 25.7 Å². The molecule has 96 valence electrons. The topological polar surface area (TPSA) is 23.5 Å². The average molecular weight is 227 g/mol. The lowest BCUT2D eigenvalue weighted by molar-refractivity contribution is -0.0324. The molecule has 2 nitrogen and oxygen atoms in total. The number of rotatable bonds is 7. The largest absolute Gasteiger partial charge is 0.391 e. The number of aliphatic hydroxyl groups excluding tert-OH is 1. The molecule has 1 aliphatic rings. The lowest BCUT2D eigenvalue weighted by atomic mass is 9.82. The number of unbranched alkanes of at least 4 members (excludes halogenated alkanes) is 1.